The van der Waals surface area contributed by atoms with Crippen LogP contribution in [0.25, 0.3) is 0 Å². The van der Waals surface area contributed by atoms with E-state index in [0.29, 0.717) is 22.9 Å². The summed E-state index contributed by atoms with van der Waals surface area (Å²) < 4.78 is 18.7. The fourth-order valence-corrected chi connectivity index (χ4v) is 2.08. The lowest BCUT2D eigenvalue weighted by Crippen LogP contribution is -2.06. The first-order chi connectivity index (χ1) is 9.95. The number of hydrogen-bond acceptors (Lipinski definition) is 3. The van der Waals surface area contributed by atoms with E-state index in [1.54, 1.807) is 12.1 Å². The molecule has 0 aliphatic heterocycles. The van der Waals surface area contributed by atoms with Crippen LogP contribution in [0.1, 0.15) is 19.4 Å². The maximum absolute atomic E-state index is 13.1. The van der Waals surface area contributed by atoms with Crippen LogP contribution in [0.2, 0.25) is 5.02 Å². The number of aromatic hydroxyl groups is 1. The van der Waals surface area contributed by atoms with E-state index in [-0.39, 0.29) is 17.7 Å². The summed E-state index contributed by atoms with van der Waals surface area (Å²) in [6.07, 6.45) is 0.0468. The summed E-state index contributed by atoms with van der Waals surface area (Å²) in [5.74, 6) is 0.281. The van der Waals surface area contributed by atoms with Crippen LogP contribution in [0.15, 0.2) is 36.4 Å². The highest BCUT2D eigenvalue weighted by molar-refractivity contribution is 6.32. The quantitative estimate of drug-likeness (QED) is 0.849. The van der Waals surface area contributed by atoms with Crippen LogP contribution in [-0.4, -0.2) is 11.2 Å². The molecule has 0 saturated carbocycles. The SMILES string of the molecule is CC(C)Oc1ccc(NCc2cc(F)ccc2O)cc1Cl. The highest BCUT2D eigenvalue weighted by Gasteiger charge is 2.06. The summed E-state index contributed by atoms with van der Waals surface area (Å²) in [5.41, 5.74) is 1.24. The molecule has 21 heavy (non-hydrogen) atoms. The number of phenolic OH excluding ortho intramolecular Hbond substituents is 1. The lowest BCUT2D eigenvalue weighted by Gasteiger charge is -2.13. The summed E-state index contributed by atoms with van der Waals surface area (Å²) in [6.45, 7) is 4.15. The van der Waals surface area contributed by atoms with Crippen molar-refractivity contribution in [1.29, 1.82) is 0 Å². The van der Waals surface area contributed by atoms with E-state index in [9.17, 15) is 9.50 Å². The third kappa shape index (κ3) is 4.26. The van der Waals surface area contributed by atoms with Crippen LogP contribution in [-0.2, 0) is 6.54 Å². The van der Waals surface area contributed by atoms with Crippen molar-refractivity contribution in [2.75, 3.05) is 5.32 Å². The van der Waals surface area contributed by atoms with Gasteiger partial charge in [-0.25, -0.2) is 4.39 Å². The van der Waals surface area contributed by atoms with Crippen LogP contribution in [0, 0.1) is 5.82 Å². The van der Waals surface area contributed by atoms with E-state index in [1.165, 1.54) is 18.2 Å². The van der Waals surface area contributed by atoms with Crippen molar-refractivity contribution in [1.82, 2.24) is 0 Å². The van der Waals surface area contributed by atoms with Gasteiger partial charge >= 0.3 is 0 Å². The molecule has 0 spiro atoms. The summed E-state index contributed by atoms with van der Waals surface area (Å²) in [5, 5.41) is 13.2. The van der Waals surface area contributed by atoms with Crippen LogP contribution in [0.5, 0.6) is 11.5 Å². The summed E-state index contributed by atoms with van der Waals surface area (Å²) in [4.78, 5) is 0. The highest BCUT2D eigenvalue weighted by atomic mass is 35.5. The standard InChI is InChI=1S/C16H17ClFNO2/c1-10(2)21-16-6-4-13(8-14(16)17)19-9-11-7-12(18)3-5-15(11)20/h3-8,10,19-20H,9H2,1-2H3. The average Bonchev–Trinajstić information content (AvgIpc) is 2.42. The number of halogens is 2. The number of phenols is 1. The maximum atomic E-state index is 13.1. The minimum atomic E-state index is -0.386. The maximum Gasteiger partial charge on any atom is 0.138 e. The lowest BCUT2D eigenvalue weighted by atomic mass is 10.2. The van der Waals surface area contributed by atoms with E-state index in [4.69, 9.17) is 16.3 Å². The number of rotatable bonds is 5. The molecule has 0 amide bonds. The van der Waals surface area contributed by atoms with E-state index < -0.39 is 0 Å². The molecule has 2 rings (SSSR count). The molecule has 0 saturated heterocycles. The zero-order chi connectivity index (χ0) is 15.4. The van der Waals surface area contributed by atoms with Gasteiger partial charge in [0.25, 0.3) is 0 Å². The Balaban J connectivity index is 2.07. The van der Waals surface area contributed by atoms with Crippen molar-refractivity contribution >= 4 is 17.3 Å². The molecule has 0 bridgehead atoms. The van der Waals surface area contributed by atoms with Crippen molar-refractivity contribution in [3.63, 3.8) is 0 Å². The van der Waals surface area contributed by atoms with Gasteiger partial charge in [0.05, 0.1) is 11.1 Å². The van der Waals surface area contributed by atoms with Crippen LogP contribution in [0.4, 0.5) is 10.1 Å². The molecular formula is C16H17ClFNO2. The van der Waals surface area contributed by atoms with Crippen molar-refractivity contribution in [3.8, 4) is 11.5 Å². The molecule has 0 fully saturated rings. The second kappa shape index (κ2) is 6.68. The van der Waals surface area contributed by atoms with Gasteiger partial charge in [0.1, 0.15) is 17.3 Å². The first-order valence-corrected chi connectivity index (χ1v) is 7.01. The van der Waals surface area contributed by atoms with Gasteiger partial charge in [0.2, 0.25) is 0 Å². The van der Waals surface area contributed by atoms with Gasteiger partial charge < -0.3 is 15.2 Å². The Morgan fingerprint density at radius 2 is 2.00 bits per heavy atom. The molecule has 0 heterocycles. The Labute approximate surface area is 128 Å². The van der Waals surface area contributed by atoms with Crippen molar-refractivity contribution in [2.24, 2.45) is 0 Å². The average molecular weight is 310 g/mol. The molecule has 0 unspecified atom stereocenters. The number of ether oxygens (including phenoxy) is 1. The predicted octanol–water partition coefficient (Wildman–Crippen LogP) is 4.58. The molecule has 0 radical (unpaired) electrons. The number of hydrogen-bond donors (Lipinski definition) is 2. The van der Waals surface area contributed by atoms with Crippen LogP contribution >= 0.6 is 11.6 Å². The first-order valence-electron chi connectivity index (χ1n) is 6.63. The smallest absolute Gasteiger partial charge is 0.138 e. The van der Waals surface area contributed by atoms with Gasteiger partial charge in [-0.1, -0.05) is 11.6 Å². The van der Waals surface area contributed by atoms with Gasteiger partial charge in [-0.15, -0.1) is 0 Å². The number of nitrogens with one attached hydrogen (secondary N) is 1. The third-order valence-corrected chi connectivity index (χ3v) is 3.11. The Morgan fingerprint density at radius 1 is 1.24 bits per heavy atom. The topological polar surface area (TPSA) is 41.5 Å². The summed E-state index contributed by atoms with van der Waals surface area (Å²) in [6, 6.07) is 9.17. The number of anilines is 1. The normalized spacial score (nSPS) is 10.7. The highest BCUT2D eigenvalue weighted by Crippen LogP contribution is 2.29. The van der Waals surface area contributed by atoms with Gasteiger partial charge in [0.15, 0.2) is 0 Å². The third-order valence-electron chi connectivity index (χ3n) is 2.82. The van der Waals surface area contributed by atoms with E-state index in [0.717, 1.165) is 5.69 Å². The zero-order valence-corrected chi connectivity index (χ0v) is 12.6. The molecule has 5 heteroatoms. The van der Waals surface area contributed by atoms with Crippen molar-refractivity contribution < 1.29 is 14.2 Å². The minimum Gasteiger partial charge on any atom is -0.508 e. The fraction of sp³-hybridized carbons (Fsp3) is 0.250. The Morgan fingerprint density at radius 3 is 2.67 bits per heavy atom. The molecule has 0 aliphatic carbocycles. The number of benzene rings is 2. The Hall–Kier alpha value is -1.94. The molecule has 2 aromatic carbocycles. The largest absolute Gasteiger partial charge is 0.508 e. The fourth-order valence-electron chi connectivity index (χ4n) is 1.85. The lowest BCUT2D eigenvalue weighted by molar-refractivity contribution is 0.242. The van der Waals surface area contributed by atoms with Crippen LogP contribution in [0.3, 0.4) is 0 Å². The molecule has 0 aliphatic rings. The minimum absolute atomic E-state index is 0.0468. The predicted molar refractivity (Wildman–Crippen MR) is 82.6 cm³/mol. The molecular weight excluding hydrogens is 293 g/mol. The molecule has 2 aromatic rings. The van der Waals surface area contributed by atoms with Crippen molar-refractivity contribution in [2.45, 2.75) is 26.5 Å². The summed E-state index contributed by atoms with van der Waals surface area (Å²) >= 11 is 6.14. The summed E-state index contributed by atoms with van der Waals surface area (Å²) in [7, 11) is 0. The van der Waals surface area contributed by atoms with Gasteiger partial charge in [-0.05, 0) is 50.2 Å². The molecule has 0 aromatic heterocycles. The van der Waals surface area contributed by atoms with Crippen LogP contribution < -0.4 is 10.1 Å². The monoisotopic (exact) mass is 309 g/mol. The molecule has 0 atom stereocenters. The van der Waals surface area contributed by atoms with Gasteiger partial charge in [-0.3, -0.25) is 0 Å². The van der Waals surface area contributed by atoms with Crippen molar-refractivity contribution in [3.05, 3.63) is 52.8 Å². The van der Waals surface area contributed by atoms with Gasteiger partial charge in [0, 0.05) is 17.8 Å². The second-order valence-electron chi connectivity index (χ2n) is 4.94. The van der Waals surface area contributed by atoms with Gasteiger partial charge in [-0.2, -0.15) is 0 Å². The molecule has 2 N–H and O–H groups in total. The second-order valence-corrected chi connectivity index (χ2v) is 5.35. The molecule has 112 valence electrons. The first kappa shape index (κ1) is 15.4. The zero-order valence-electron chi connectivity index (χ0n) is 11.9. The molecule has 3 nitrogen and oxygen atoms in total. The van der Waals surface area contributed by atoms with E-state index >= 15 is 0 Å². The van der Waals surface area contributed by atoms with E-state index in [2.05, 4.69) is 5.32 Å². The Bertz CT molecular complexity index is 632. The Kier molecular flexibility index (Phi) is 4.91. The van der Waals surface area contributed by atoms with E-state index in [1.807, 2.05) is 19.9 Å².